The lowest BCUT2D eigenvalue weighted by atomic mass is 10.2. The van der Waals surface area contributed by atoms with Gasteiger partial charge in [0, 0.05) is 30.0 Å². The zero-order valence-electron chi connectivity index (χ0n) is 19.9. The predicted octanol–water partition coefficient (Wildman–Crippen LogP) is 4.94. The van der Waals surface area contributed by atoms with E-state index in [4.69, 9.17) is 4.74 Å². The number of methoxy groups -OCH3 is 1. The molecular weight excluding hydrogens is 513 g/mol. The molecule has 6 nitrogen and oxygen atoms in total. The lowest BCUT2D eigenvalue weighted by Crippen LogP contribution is -2.43. The van der Waals surface area contributed by atoms with Crippen LogP contribution >= 0.6 is 11.3 Å². The highest BCUT2D eigenvalue weighted by molar-refractivity contribution is 7.89. The highest BCUT2D eigenvalue weighted by Gasteiger charge is 2.34. The van der Waals surface area contributed by atoms with Gasteiger partial charge in [0.15, 0.2) is 0 Å². The number of rotatable bonds is 11. The minimum absolute atomic E-state index is 0.0335. The van der Waals surface area contributed by atoms with Crippen LogP contribution in [0.25, 0.3) is 0 Å². The first-order chi connectivity index (χ1) is 17.0. The molecule has 0 saturated heterocycles. The molecule has 194 valence electrons. The molecule has 1 amide bonds. The van der Waals surface area contributed by atoms with Crippen molar-refractivity contribution in [2.24, 2.45) is 0 Å². The van der Waals surface area contributed by atoms with Gasteiger partial charge in [0.05, 0.1) is 30.2 Å². The van der Waals surface area contributed by atoms with E-state index in [0.717, 1.165) is 37.8 Å². The summed E-state index contributed by atoms with van der Waals surface area (Å²) in [6.45, 7) is 1.70. The van der Waals surface area contributed by atoms with Gasteiger partial charge in [-0.25, -0.2) is 8.42 Å². The van der Waals surface area contributed by atoms with Gasteiger partial charge in [0.2, 0.25) is 15.9 Å². The molecule has 0 saturated carbocycles. The van der Waals surface area contributed by atoms with Crippen molar-refractivity contribution >= 4 is 27.3 Å². The Labute approximate surface area is 213 Å². The molecule has 0 atom stereocenters. The van der Waals surface area contributed by atoms with E-state index in [1.165, 1.54) is 18.4 Å². The molecule has 0 aliphatic carbocycles. The fourth-order valence-corrected chi connectivity index (χ4v) is 5.83. The highest BCUT2D eigenvalue weighted by Crippen LogP contribution is 2.31. The molecule has 3 rings (SSSR count). The number of carbonyl (C=O) groups is 1. The van der Waals surface area contributed by atoms with Crippen molar-refractivity contribution in [3.8, 4) is 0 Å². The fourth-order valence-electron chi connectivity index (χ4n) is 3.50. The molecule has 0 N–H and O–H groups in total. The van der Waals surface area contributed by atoms with E-state index in [1.54, 1.807) is 4.90 Å². The van der Waals surface area contributed by atoms with Gasteiger partial charge in [-0.2, -0.15) is 17.5 Å². The first kappa shape index (κ1) is 27.9. The number of ether oxygens (including phenoxy) is 1. The third-order valence-corrected chi connectivity index (χ3v) is 8.19. The number of hydrogen-bond donors (Lipinski definition) is 0. The van der Waals surface area contributed by atoms with E-state index in [9.17, 15) is 26.4 Å². The third kappa shape index (κ3) is 7.39. The average Bonchev–Trinajstić information content (AvgIpc) is 3.25. The lowest BCUT2D eigenvalue weighted by Gasteiger charge is -2.27. The molecule has 1 aromatic heterocycles. The Morgan fingerprint density at radius 3 is 2.33 bits per heavy atom. The van der Waals surface area contributed by atoms with Crippen LogP contribution in [0.5, 0.6) is 0 Å². The summed E-state index contributed by atoms with van der Waals surface area (Å²) >= 11 is 1.53. The zero-order chi connectivity index (χ0) is 26.3. The fraction of sp³-hybridized carbons (Fsp3) is 0.320. The minimum Gasteiger partial charge on any atom is -0.383 e. The Balaban J connectivity index is 1.90. The second-order valence-corrected chi connectivity index (χ2v) is 11.4. The SMILES string of the molecule is COCCN(CC(=O)N(Cc1ccccc1)Cc1ccc(C)s1)S(=O)(=O)c1cccc(C(F)(F)F)c1. The maximum atomic E-state index is 13.4. The van der Waals surface area contributed by atoms with E-state index in [0.29, 0.717) is 6.07 Å². The summed E-state index contributed by atoms with van der Waals surface area (Å²) in [7, 11) is -3.05. The predicted molar refractivity (Wildman–Crippen MR) is 132 cm³/mol. The number of amides is 1. The molecule has 0 spiro atoms. The molecule has 0 aliphatic rings. The van der Waals surface area contributed by atoms with Crippen molar-refractivity contribution < 1.29 is 31.1 Å². The Bertz CT molecular complexity index is 1260. The standard InChI is InChI=1S/C25H27F3N2O4S2/c1-19-11-12-22(35-19)17-29(16-20-7-4-3-5-8-20)24(31)18-30(13-14-34-2)36(32,33)23-10-6-9-21(15-23)25(26,27)28/h3-12,15H,13-14,16-18H2,1-2H3. The van der Waals surface area contributed by atoms with E-state index in [1.807, 2.05) is 49.4 Å². The van der Waals surface area contributed by atoms with Crippen LogP contribution in [0.4, 0.5) is 13.2 Å². The summed E-state index contributed by atoms with van der Waals surface area (Å²) in [5.41, 5.74) is -0.219. The molecule has 0 bridgehead atoms. The van der Waals surface area contributed by atoms with Crippen molar-refractivity contribution in [2.75, 3.05) is 26.8 Å². The van der Waals surface area contributed by atoms with E-state index < -0.39 is 39.1 Å². The van der Waals surface area contributed by atoms with E-state index in [-0.39, 0.29) is 26.2 Å². The third-order valence-electron chi connectivity index (χ3n) is 5.37. The normalized spacial score (nSPS) is 12.2. The molecule has 0 unspecified atom stereocenters. The smallest absolute Gasteiger partial charge is 0.383 e. The van der Waals surface area contributed by atoms with Gasteiger partial charge in [-0.15, -0.1) is 11.3 Å². The molecule has 0 fully saturated rings. The highest BCUT2D eigenvalue weighted by atomic mass is 32.2. The minimum atomic E-state index is -4.70. The van der Waals surface area contributed by atoms with Gasteiger partial charge >= 0.3 is 6.18 Å². The number of carbonyl (C=O) groups excluding carboxylic acids is 1. The van der Waals surface area contributed by atoms with Crippen molar-refractivity contribution in [3.63, 3.8) is 0 Å². The summed E-state index contributed by atoms with van der Waals surface area (Å²) < 4.78 is 72.1. The van der Waals surface area contributed by atoms with Gasteiger partial charge in [0.1, 0.15) is 0 Å². The van der Waals surface area contributed by atoms with Crippen LogP contribution in [0.3, 0.4) is 0 Å². The number of alkyl halides is 3. The van der Waals surface area contributed by atoms with Crippen molar-refractivity contribution in [1.82, 2.24) is 9.21 Å². The van der Waals surface area contributed by atoms with Crippen molar-refractivity contribution in [2.45, 2.75) is 31.1 Å². The number of aryl methyl sites for hydroxylation is 1. The topological polar surface area (TPSA) is 66.9 Å². The monoisotopic (exact) mass is 540 g/mol. The Morgan fingerprint density at radius 2 is 1.72 bits per heavy atom. The number of sulfonamides is 1. The number of benzene rings is 2. The van der Waals surface area contributed by atoms with Gasteiger partial charge < -0.3 is 9.64 Å². The Kier molecular flexibility index (Phi) is 9.29. The van der Waals surface area contributed by atoms with Crippen LogP contribution in [0.15, 0.2) is 71.6 Å². The maximum Gasteiger partial charge on any atom is 0.416 e. The Hall–Kier alpha value is -2.73. The zero-order valence-corrected chi connectivity index (χ0v) is 21.5. The van der Waals surface area contributed by atoms with Crippen LogP contribution < -0.4 is 0 Å². The van der Waals surface area contributed by atoms with Crippen LogP contribution in [0, 0.1) is 6.92 Å². The van der Waals surface area contributed by atoms with Gasteiger partial charge in [0.25, 0.3) is 0 Å². The molecule has 2 aromatic carbocycles. The summed E-state index contributed by atoms with van der Waals surface area (Å²) in [5, 5.41) is 0. The number of nitrogens with zero attached hydrogens (tertiary/aromatic N) is 2. The number of hydrogen-bond acceptors (Lipinski definition) is 5. The van der Waals surface area contributed by atoms with E-state index >= 15 is 0 Å². The molecule has 36 heavy (non-hydrogen) atoms. The van der Waals surface area contributed by atoms with Gasteiger partial charge in [-0.3, -0.25) is 4.79 Å². The average molecular weight is 541 g/mol. The molecule has 1 heterocycles. The molecule has 11 heteroatoms. The van der Waals surface area contributed by atoms with Crippen molar-refractivity contribution in [3.05, 3.63) is 87.6 Å². The van der Waals surface area contributed by atoms with Crippen LogP contribution in [-0.4, -0.2) is 50.3 Å². The second-order valence-electron chi connectivity index (χ2n) is 8.10. The second kappa shape index (κ2) is 12.0. The van der Waals surface area contributed by atoms with Gasteiger partial charge in [-0.1, -0.05) is 36.4 Å². The largest absolute Gasteiger partial charge is 0.416 e. The maximum absolute atomic E-state index is 13.4. The Morgan fingerprint density at radius 1 is 1.00 bits per heavy atom. The quantitative estimate of drug-likeness (QED) is 0.346. The van der Waals surface area contributed by atoms with Gasteiger partial charge in [-0.05, 0) is 42.8 Å². The first-order valence-electron chi connectivity index (χ1n) is 11.0. The van der Waals surface area contributed by atoms with Crippen LogP contribution in [-0.2, 0) is 38.8 Å². The molecule has 0 aliphatic heterocycles. The number of thiophene rings is 1. The summed E-state index contributed by atoms with van der Waals surface area (Å²) in [4.78, 5) is 16.5. The molecule has 0 radical (unpaired) electrons. The number of halogens is 3. The molecule has 3 aromatic rings. The van der Waals surface area contributed by atoms with Crippen molar-refractivity contribution in [1.29, 1.82) is 0 Å². The summed E-state index contributed by atoms with van der Waals surface area (Å²) in [6, 6.07) is 16.6. The van der Waals surface area contributed by atoms with Crippen LogP contribution in [0.2, 0.25) is 0 Å². The lowest BCUT2D eigenvalue weighted by molar-refractivity contribution is -0.137. The summed E-state index contributed by atoms with van der Waals surface area (Å²) in [5.74, 6) is -0.475. The first-order valence-corrected chi connectivity index (χ1v) is 13.3. The van der Waals surface area contributed by atoms with E-state index in [2.05, 4.69) is 0 Å². The van der Waals surface area contributed by atoms with Crippen LogP contribution in [0.1, 0.15) is 20.9 Å². The molecular formula is C25H27F3N2O4S2. The summed E-state index contributed by atoms with van der Waals surface area (Å²) in [6.07, 6.45) is -4.70.